The minimum absolute atomic E-state index is 0.126. The molecular weight excluding hydrogens is 210 g/mol. The summed E-state index contributed by atoms with van der Waals surface area (Å²) < 4.78 is 29.3. The largest absolute Gasteiger partial charge is 0.394 e. The van der Waals surface area contributed by atoms with Gasteiger partial charge in [0.15, 0.2) is 0 Å². The van der Waals surface area contributed by atoms with Crippen LogP contribution in [0.4, 0.5) is 0 Å². The number of aliphatic hydroxyl groups is 2. The van der Waals surface area contributed by atoms with Crippen LogP contribution in [0.25, 0.3) is 0 Å². The first-order chi connectivity index (χ1) is 6.52. The van der Waals surface area contributed by atoms with E-state index in [4.69, 9.17) is 14.9 Å². The molecule has 0 radical (unpaired) electrons. The third-order valence-electron chi connectivity index (χ3n) is 1.45. The summed E-state index contributed by atoms with van der Waals surface area (Å²) in [5.41, 5.74) is 0. The van der Waals surface area contributed by atoms with Crippen molar-refractivity contribution in [3.05, 3.63) is 0 Å². The maximum absolute atomic E-state index is 11.1. The number of sulfonamides is 1. The van der Waals surface area contributed by atoms with Crippen molar-refractivity contribution in [1.29, 1.82) is 0 Å². The van der Waals surface area contributed by atoms with Crippen LogP contribution in [-0.2, 0) is 14.8 Å². The van der Waals surface area contributed by atoms with Gasteiger partial charge < -0.3 is 14.9 Å². The average molecular weight is 227 g/mol. The van der Waals surface area contributed by atoms with Crippen molar-refractivity contribution in [2.24, 2.45) is 0 Å². The Balaban J connectivity index is 3.73. The van der Waals surface area contributed by atoms with Crippen LogP contribution in [0.15, 0.2) is 0 Å². The first-order valence-electron chi connectivity index (χ1n) is 4.36. The fraction of sp³-hybridized carbons (Fsp3) is 1.00. The third kappa shape index (κ3) is 7.22. The molecule has 0 saturated carbocycles. The molecule has 0 heterocycles. The summed E-state index contributed by atoms with van der Waals surface area (Å²) in [7, 11) is -3.41. The number of aliphatic hydroxyl groups excluding tert-OH is 2. The lowest BCUT2D eigenvalue weighted by Gasteiger charge is -2.09. The van der Waals surface area contributed by atoms with Crippen molar-refractivity contribution >= 4 is 10.0 Å². The minimum Gasteiger partial charge on any atom is -0.394 e. The molecule has 0 aliphatic carbocycles. The van der Waals surface area contributed by atoms with E-state index < -0.39 is 22.7 Å². The summed E-state index contributed by atoms with van der Waals surface area (Å²) >= 11 is 0. The summed E-state index contributed by atoms with van der Waals surface area (Å²) in [5, 5.41) is 17.3. The average Bonchev–Trinajstić information content (AvgIpc) is 2.14. The number of rotatable bonds is 8. The molecule has 0 aliphatic rings. The molecule has 0 aromatic carbocycles. The van der Waals surface area contributed by atoms with E-state index in [1.54, 1.807) is 6.92 Å². The van der Waals surface area contributed by atoms with E-state index in [-0.39, 0.29) is 18.9 Å². The Labute approximate surface area is 83.9 Å². The van der Waals surface area contributed by atoms with Gasteiger partial charge in [-0.3, -0.25) is 0 Å². The van der Waals surface area contributed by atoms with Crippen LogP contribution in [-0.4, -0.2) is 56.9 Å². The molecule has 0 amide bonds. The van der Waals surface area contributed by atoms with Gasteiger partial charge in [-0.1, -0.05) is 0 Å². The fourth-order valence-corrected chi connectivity index (χ4v) is 1.60. The molecule has 0 aromatic rings. The lowest BCUT2D eigenvalue weighted by molar-refractivity contribution is 0.0987. The second kappa shape index (κ2) is 7.13. The zero-order chi connectivity index (χ0) is 11.0. The van der Waals surface area contributed by atoms with Crippen LogP contribution in [0.5, 0.6) is 0 Å². The number of hydrogen-bond acceptors (Lipinski definition) is 5. The van der Waals surface area contributed by atoms with Gasteiger partial charge in [-0.25, -0.2) is 13.1 Å². The van der Waals surface area contributed by atoms with E-state index in [1.165, 1.54) is 0 Å². The fourth-order valence-electron chi connectivity index (χ4n) is 0.673. The maximum Gasteiger partial charge on any atom is 0.213 e. The van der Waals surface area contributed by atoms with Crippen LogP contribution in [0.2, 0.25) is 0 Å². The van der Waals surface area contributed by atoms with Crippen LogP contribution in [0.1, 0.15) is 6.92 Å². The second-order valence-corrected chi connectivity index (χ2v) is 4.63. The second-order valence-electron chi connectivity index (χ2n) is 2.70. The highest BCUT2D eigenvalue weighted by Gasteiger charge is 2.11. The number of nitrogens with one attached hydrogen (secondary N) is 1. The molecule has 14 heavy (non-hydrogen) atoms. The Kier molecular flexibility index (Phi) is 7.02. The first-order valence-corrected chi connectivity index (χ1v) is 6.01. The predicted molar refractivity (Wildman–Crippen MR) is 51.4 cm³/mol. The van der Waals surface area contributed by atoms with Crippen LogP contribution < -0.4 is 4.72 Å². The van der Waals surface area contributed by atoms with Crippen molar-refractivity contribution in [3.8, 4) is 0 Å². The Morgan fingerprint density at radius 1 is 1.50 bits per heavy atom. The van der Waals surface area contributed by atoms with E-state index in [2.05, 4.69) is 4.72 Å². The van der Waals surface area contributed by atoms with E-state index in [0.717, 1.165) is 0 Å². The van der Waals surface area contributed by atoms with Crippen molar-refractivity contribution in [2.75, 3.05) is 32.1 Å². The van der Waals surface area contributed by atoms with Crippen molar-refractivity contribution < 1.29 is 23.4 Å². The number of hydrogen-bond donors (Lipinski definition) is 3. The Morgan fingerprint density at radius 3 is 2.64 bits per heavy atom. The lowest BCUT2D eigenvalue weighted by atomic mass is 10.4. The maximum atomic E-state index is 11.1. The molecule has 1 atom stereocenters. The highest BCUT2D eigenvalue weighted by molar-refractivity contribution is 7.89. The quantitative estimate of drug-likeness (QED) is 0.429. The van der Waals surface area contributed by atoms with E-state index in [1.807, 2.05) is 0 Å². The Bertz CT molecular complexity index is 228. The molecule has 0 saturated heterocycles. The highest BCUT2D eigenvalue weighted by atomic mass is 32.2. The monoisotopic (exact) mass is 227 g/mol. The van der Waals surface area contributed by atoms with Crippen molar-refractivity contribution in [2.45, 2.75) is 13.0 Å². The topological polar surface area (TPSA) is 95.9 Å². The van der Waals surface area contributed by atoms with E-state index in [0.29, 0.717) is 6.61 Å². The zero-order valence-corrected chi connectivity index (χ0v) is 8.96. The molecule has 0 aromatic heterocycles. The van der Waals surface area contributed by atoms with E-state index in [9.17, 15) is 8.42 Å². The van der Waals surface area contributed by atoms with Gasteiger partial charge in [0.05, 0.1) is 25.1 Å². The predicted octanol–water partition coefficient (Wildman–Crippen LogP) is -1.70. The molecular formula is C7H17NO5S. The van der Waals surface area contributed by atoms with Gasteiger partial charge in [-0.2, -0.15) is 0 Å². The van der Waals surface area contributed by atoms with Crippen LogP contribution in [0.3, 0.4) is 0 Å². The summed E-state index contributed by atoms with van der Waals surface area (Å²) in [6.07, 6.45) is -1.06. The first kappa shape index (κ1) is 13.8. The highest BCUT2D eigenvalue weighted by Crippen LogP contribution is 1.87. The smallest absolute Gasteiger partial charge is 0.213 e. The molecule has 86 valence electrons. The minimum atomic E-state index is -3.41. The normalized spacial score (nSPS) is 14.2. The molecule has 0 aliphatic heterocycles. The van der Waals surface area contributed by atoms with Gasteiger partial charge in [0.25, 0.3) is 0 Å². The molecule has 0 fully saturated rings. The molecule has 0 spiro atoms. The molecule has 1 unspecified atom stereocenters. The molecule has 0 rings (SSSR count). The molecule has 6 nitrogen and oxygen atoms in total. The molecule has 0 bridgehead atoms. The van der Waals surface area contributed by atoms with Crippen LogP contribution in [0, 0.1) is 0 Å². The molecule has 7 heteroatoms. The lowest BCUT2D eigenvalue weighted by Crippen LogP contribution is -2.36. The Morgan fingerprint density at radius 2 is 2.14 bits per heavy atom. The van der Waals surface area contributed by atoms with Crippen LogP contribution >= 0.6 is 0 Å². The SMILES string of the molecule is CCOCCS(=O)(=O)NCC(O)CO. The van der Waals surface area contributed by atoms with Gasteiger partial charge >= 0.3 is 0 Å². The van der Waals surface area contributed by atoms with Crippen molar-refractivity contribution in [1.82, 2.24) is 4.72 Å². The van der Waals surface area contributed by atoms with Gasteiger partial charge in [0.2, 0.25) is 10.0 Å². The van der Waals surface area contributed by atoms with E-state index >= 15 is 0 Å². The van der Waals surface area contributed by atoms with Gasteiger partial charge in [-0.15, -0.1) is 0 Å². The van der Waals surface area contributed by atoms with Gasteiger partial charge in [-0.05, 0) is 6.92 Å². The summed E-state index contributed by atoms with van der Waals surface area (Å²) in [6.45, 7) is 1.73. The van der Waals surface area contributed by atoms with Crippen molar-refractivity contribution in [3.63, 3.8) is 0 Å². The standard InChI is InChI=1S/C7H17NO5S/c1-2-13-3-4-14(11,12)8-5-7(10)6-9/h7-10H,2-6H2,1H3. The van der Waals surface area contributed by atoms with Gasteiger partial charge in [0.1, 0.15) is 0 Å². The zero-order valence-electron chi connectivity index (χ0n) is 8.14. The summed E-state index contributed by atoms with van der Waals surface area (Å²) in [6, 6.07) is 0. The third-order valence-corrected chi connectivity index (χ3v) is 2.76. The summed E-state index contributed by atoms with van der Waals surface area (Å²) in [4.78, 5) is 0. The Hall–Kier alpha value is -0.210. The molecule has 3 N–H and O–H groups in total. The number of ether oxygens (including phenoxy) is 1. The summed E-state index contributed by atoms with van der Waals surface area (Å²) in [5.74, 6) is -0.140. The van der Waals surface area contributed by atoms with Gasteiger partial charge in [0, 0.05) is 13.2 Å².